The van der Waals surface area contributed by atoms with Crippen LogP contribution < -0.4 is 4.90 Å². The molecule has 0 radical (unpaired) electrons. The maximum absolute atomic E-state index is 13.3. The van der Waals surface area contributed by atoms with Crippen molar-refractivity contribution < 1.29 is 17.6 Å². The maximum Gasteiger partial charge on any atom is 0.252 e. The predicted octanol–water partition coefficient (Wildman–Crippen LogP) is 3.32. The third-order valence-corrected chi connectivity index (χ3v) is 8.12. The Morgan fingerprint density at radius 1 is 1.14 bits per heavy atom. The molecule has 0 saturated carbocycles. The van der Waals surface area contributed by atoms with Crippen molar-refractivity contribution in [2.75, 3.05) is 16.4 Å². The Labute approximate surface area is 171 Å². The smallest absolute Gasteiger partial charge is 0.252 e. The Morgan fingerprint density at radius 3 is 2.50 bits per heavy atom. The average molecular weight is 439 g/mol. The monoisotopic (exact) mass is 438 g/mol. The number of nitrogens with zero attached hydrogens (tertiary/aromatic N) is 2. The zero-order valence-electron chi connectivity index (χ0n) is 14.6. The van der Waals surface area contributed by atoms with Crippen LogP contribution in [-0.2, 0) is 21.1 Å². The molecule has 28 heavy (non-hydrogen) atoms. The number of halogens is 2. The van der Waals surface area contributed by atoms with E-state index in [1.807, 2.05) is 0 Å². The van der Waals surface area contributed by atoms with Gasteiger partial charge in [0.15, 0.2) is 15.0 Å². The van der Waals surface area contributed by atoms with Crippen molar-refractivity contribution in [1.82, 2.24) is 0 Å². The summed E-state index contributed by atoms with van der Waals surface area (Å²) in [5.74, 6) is -0.681. The van der Waals surface area contributed by atoms with Crippen molar-refractivity contribution in [3.63, 3.8) is 0 Å². The molecular weight excluding hydrogens is 423 g/mol. The van der Waals surface area contributed by atoms with Gasteiger partial charge < -0.3 is 4.90 Å². The summed E-state index contributed by atoms with van der Waals surface area (Å²) in [6.45, 7) is 0. The number of rotatable bonds is 3. The highest BCUT2D eigenvalue weighted by atomic mass is 35.5. The lowest BCUT2D eigenvalue weighted by Crippen LogP contribution is -2.37. The average Bonchev–Trinajstić information content (AvgIpc) is 3.09. The number of benzene rings is 2. The fourth-order valence-corrected chi connectivity index (χ4v) is 7.45. The summed E-state index contributed by atoms with van der Waals surface area (Å²) in [5, 5.41) is 0.845. The summed E-state index contributed by atoms with van der Waals surface area (Å²) in [7, 11) is -3.15. The standard InChI is InChI=1S/C19H16ClFN2O3S2/c20-13-3-1-12(2-4-13)9-18(24)22-19-23(15-7-5-14(21)6-8-15)16-10-28(25,26)11-17(16)27-19/h1-8,16-17H,9-11H2/t16-,17-/m1/s1. The minimum absolute atomic E-state index is 0.00750. The predicted molar refractivity (Wildman–Crippen MR) is 110 cm³/mol. The number of carbonyl (C=O) groups is 1. The Kier molecular flexibility index (Phi) is 5.20. The molecule has 2 heterocycles. The van der Waals surface area contributed by atoms with E-state index in [1.165, 1.54) is 23.9 Å². The van der Waals surface area contributed by atoms with Crippen molar-refractivity contribution in [1.29, 1.82) is 0 Å². The third-order valence-electron chi connectivity index (χ3n) is 4.66. The lowest BCUT2D eigenvalue weighted by molar-refractivity contribution is -0.117. The first-order valence-corrected chi connectivity index (χ1v) is 11.7. The van der Waals surface area contributed by atoms with E-state index >= 15 is 0 Å². The fraction of sp³-hybridized carbons (Fsp3) is 0.263. The summed E-state index contributed by atoms with van der Waals surface area (Å²) in [6, 6.07) is 12.4. The number of carbonyl (C=O) groups excluding carboxylic acids is 1. The van der Waals surface area contributed by atoms with Gasteiger partial charge in [-0.3, -0.25) is 4.79 Å². The van der Waals surface area contributed by atoms with Crippen LogP contribution in [0.1, 0.15) is 5.56 Å². The zero-order valence-corrected chi connectivity index (χ0v) is 17.0. The van der Waals surface area contributed by atoms with Crippen molar-refractivity contribution in [3.05, 3.63) is 64.9 Å². The van der Waals surface area contributed by atoms with Gasteiger partial charge in [-0.2, -0.15) is 4.99 Å². The van der Waals surface area contributed by atoms with Crippen LogP contribution in [0, 0.1) is 5.82 Å². The SMILES string of the molecule is O=C(Cc1ccc(Cl)cc1)N=C1S[C@@H]2CS(=O)(=O)C[C@H]2N1c1ccc(F)cc1. The molecule has 5 nitrogen and oxygen atoms in total. The van der Waals surface area contributed by atoms with Gasteiger partial charge in [0.25, 0.3) is 5.91 Å². The highest BCUT2D eigenvalue weighted by Crippen LogP contribution is 2.41. The summed E-state index contributed by atoms with van der Waals surface area (Å²) in [6.07, 6.45) is 0.117. The number of amides is 1. The van der Waals surface area contributed by atoms with Crippen LogP contribution in [0.4, 0.5) is 10.1 Å². The van der Waals surface area contributed by atoms with Crippen LogP contribution in [0.15, 0.2) is 53.5 Å². The lowest BCUT2D eigenvalue weighted by Gasteiger charge is -2.24. The minimum Gasteiger partial charge on any atom is -0.316 e. The molecule has 2 aliphatic rings. The summed E-state index contributed by atoms with van der Waals surface area (Å²) in [5.41, 5.74) is 1.41. The van der Waals surface area contributed by atoms with E-state index in [0.717, 1.165) is 5.56 Å². The van der Waals surface area contributed by atoms with Gasteiger partial charge in [0, 0.05) is 16.0 Å². The van der Waals surface area contributed by atoms with Gasteiger partial charge >= 0.3 is 0 Å². The quantitative estimate of drug-likeness (QED) is 0.735. The second-order valence-electron chi connectivity index (χ2n) is 6.74. The van der Waals surface area contributed by atoms with E-state index in [1.54, 1.807) is 41.3 Å². The number of sulfone groups is 1. The first-order chi connectivity index (χ1) is 13.3. The van der Waals surface area contributed by atoms with Gasteiger partial charge in [-0.25, -0.2) is 12.8 Å². The molecule has 2 aromatic carbocycles. The summed E-state index contributed by atoms with van der Waals surface area (Å²) < 4.78 is 37.4. The first-order valence-electron chi connectivity index (χ1n) is 8.58. The first kappa shape index (κ1) is 19.4. The van der Waals surface area contributed by atoms with E-state index in [4.69, 9.17) is 11.6 Å². The molecule has 2 atom stereocenters. The van der Waals surface area contributed by atoms with Gasteiger partial charge in [-0.05, 0) is 42.0 Å². The van der Waals surface area contributed by atoms with Crippen LogP contribution in [0.3, 0.4) is 0 Å². The van der Waals surface area contributed by atoms with Crippen LogP contribution in [0.2, 0.25) is 5.02 Å². The largest absolute Gasteiger partial charge is 0.316 e. The molecule has 1 amide bonds. The van der Waals surface area contributed by atoms with E-state index in [-0.39, 0.29) is 40.9 Å². The molecule has 2 saturated heterocycles. The van der Waals surface area contributed by atoms with Crippen molar-refractivity contribution in [2.24, 2.45) is 4.99 Å². The molecule has 2 aromatic rings. The number of hydrogen-bond acceptors (Lipinski definition) is 4. The van der Waals surface area contributed by atoms with E-state index in [0.29, 0.717) is 15.9 Å². The normalized spacial score (nSPS) is 24.5. The molecule has 2 aliphatic heterocycles. The molecule has 0 aromatic heterocycles. The number of hydrogen-bond donors (Lipinski definition) is 0. The van der Waals surface area contributed by atoms with Gasteiger partial charge in [0.1, 0.15) is 5.82 Å². The van der Waals surface area contributed by atoms with E-state index in [2.05, 4.69) is 4.99 Å². The number of amidine groups is 1. The Hall–Kier alpha value is -1.90. The second-order valence-corrected chi connectivity index (χ2v) is 10.5. The molecule has 0 unspecified atom stereocenters. The Bertz CT molecular complexity index is 1040. The summed E-state index contributed by atoms with van der Waals surface area (Å²) in [4.78, 5) is 18.5. The molecular formula is C19H16ClFN2O3S2. The molecule has 146 valence electrons. The molecule has 0 N–H and O–H groups in total. The van der Waals surface area contributed by atoms with E-state index in [9.17, 15) is 17.6 Å². The number of fused-ring (bicyclic) bond motifs is 1. The summed E-state index contributed by atoms with van der Waals surface area (Å²) >= 11 is 7.16. The minimum atomic E-state index is -3.15. The zero-order chi connectivity index (χ0) is 19.9. The molecule has 2 fully saturated rings. The van der Waals surface area contributed by atoms with E-state index < -0.39 is 9.84 Å². The maximum atomic E-state index is 13.3. The highest BCUT2D eigenvalue weighted by molar-refractivity contribution is 8.16. The topological polar surface area (TPSA) is 66.8 Å². The van der Waals surface area contributed by atoms with Crippen molar-refractivity contribution in [2.45, 2.75) is 17.7 Å². The Morgan fingerprint density at radius 2 is 1.82 bits per heavy atom. The molecule has 0 spiro atoms. The van der Waals surface area contributed by atoms with Crippen LogP contribution in [0.25, 0.3) is 0 Å². The van der Waals surface area contributed by atoms with Crippen LogP contribution in [-0.4, -0.2) is 42.3 Å². The fourth-order valence-electron chi connectivity index (χ4n) is 3.39. The third kappa shape index (κ3) is 4.09. The van der Waals surface area contributed by atoms with Crippen molar-refractivity contribution in [3.8, 4) is 0 Å². The highest BCUT2D eigenvalue weighted by Gasteiger charge is 2.49. The lowest BCUT2D eigenvalue weighted by atomic mass is 10.1. The van der Waals surface area contributed by atoms with Gasteiger partial charge in [0.2, 0.25) is 0 Å². The molecule has 4 rings (SSSR count). The van der Waals surface area contributed by atoms with Crippen molar-refractivity contribution >= 4 is 50.0 Å². The van der Waals surface area contributed by atoms with Gasteiger partial charge in [-0.1, -0.05) is 35.5 Å². The molecule has 9 heteroatoms. The molecule has 0 bridgehead atoms. The number of aliphatic imine (C=N–C) groups is 1. The Balaban J connectivity index is 1.62. The second kappa shape index (κ2) is 7.50. The molecule has 0 aliphatic carbocycles. The van der Waals surface area contributed by atoms with Crippen LogP contribution in [0.5, 0.6) is 0 Å². The van der Waals surface area contributed by atoms with Gasteiger partial charge in [-0.15, -0.1) is 0 Å². The number of anilines is 1. The number of thioether (sulfide) groups is 1. The van der Waals surface area contributed by atoms with Gasteiger partial charge in [0.05, 0.1) is 24.0 Å². The van der Waals surface area contributed by atoms with Crippen LogP contribution >= 0.6 is 23.4 Å².